The van der Waals surface area contributed by atoms with Crippen molar-refractivity contribution in [3.8, 4) is 6.07 Å². The van der Waals surface area contributed by atoms with E-state index in [0.717, 1.165) is 10.6 Å². The number of anilines is 1. The summed E-state index contributed by atoms with van der Waals surface area (Å²) in [6.45, 7) is 1.74. The maximum atomic E-state index is 11.3. The second-order valence-electron chi connectivity index (χ2n) is 3.17. The van der Waals surface area contributed by atoms with E-state index in [-0.39, 0.29) is 11.4 Å². The number of aryl methyl sites for hydroxylation is 1. The molecule has 0 atom stereocenters. The third-order valence-electron chi connectivity index (χ3n) is 2.05. The first-order valence-electron chi connectivity index (χ1n) is 4.17. The van der Waals surface area contributed by atoms with Gasteiger partial charge in [-0.2, -0.15) is 5.26 Å². The van der Waals surface area contributed by atoms with Gasteiger partial charge in [0.1, 0.15) is 6.07 Å². The zero-order chi connectivity index (χ0) is 11.6. The molecule has 0 fully saturated rings. The average molecular weight is 225 g/mol. The van der Waals surface area contributed by atoms with Crippen LogP contribution >= 0.6 is 0 Å². The maximum absolute atomic E-state index is 11.3. The fourth-order valence-electron chi connectivity index (χ4n) is 1.08. The molecule has 0 aliphatic heterocycles. The molecule has 0 spiro atoms. The molecule has 6 heteroatoms. The number of nitriles is 1. The van der Waals surface area contributed by atoms with Crippen LogP contribution < -0.4 is 4.31 Å². The second kappa shape index (κ2) is 3.87. The average Bonchev–Trinajstić information content (AvgIpc) is 2.14. The van der Waals surface area contributed by atoms with Gasteiger partial charge in [-0.3, -0.25) is 4.31 Å². The molecule has 0 N–H and O–H groups in total. The molecule has 80 valence electrons. The second-order valence-corrected chi connectivity index (χ2v) is 5.18. The first-order chi connectivity index (χ1) is 6.88. The van der Waals surface area contributed by atoms with Crippen molar-refractivity contribution < 1.29 is 8.42 Å². The lowest BCUT2D eigenvalue weighted by molar-refractivity contribution is 0.599. The van der Waals surface area contributed by atoms with E-state index in [1.54, 1.807) is 13.0 Å². The molecular formula is C9H11N3O2S. The van der Waals surface area contributed by atoms with Crippen molar-refractivity contribution in [2.75, 3.05) is 17.6 Å². The van der Waals surface area contributed by atoms with Crippen molar-refractivity contribution in [1.82, 2.24) is 4.98 Å². The molecule has 1 aromatic rings. The normalized spacial score (nSPS) is 10.8. The van der Waals surface area contributed by atoms with Gasteiger partial charge in [-0.25, -0.2) is 13.4 Å². The Bertz CT molecular complexity index is 517. The Morgan fingerprint density at radius 3 is 2.60 bits per heavy atom. The lowest BCUT2D eigenvalue weighted by atomic mass is 10.1. The highest BCUT2D eigenvalue weighted by Gasteiger charge is 2.18. The minimum atomic E-state index is -3.39. The largest absolute Gasteiger partial charge is 0.256 e. The van der Waals surface area contributed by atoms with Crippen LogP contribution in [0.25, 0.3) is 0 Å². The number of aromatic nitrogens is 1. The summed E-state index contributed by atoms with van der Waals surface area (Å²) >= 11 is 0. The fourth-order valence-corrected chi connectivity index (χ4v) is 1.53. The summed E-state index contributed by atoms with van der Waals surface area (Å²) in [5, 5.41) is 8.90. The van der Waals surface area contributed by atoms with Crippen molar-refractivity contribution in [2.24, 2.45) is 0 Å². The maximum Gasteiger partial charge on any atom is 0.233 e. The molecule has 0 saturated heterocycles. The van der Waals surface area contributed by atoms with E-state index in [2.05, 4.69) is 4.98 Å². The molecule has 0 aliphatic carbocycles. The number of nitrogens with zero attached hydrogens (tertiary/aromatic N) is 3. The van der Waals surface area contributed by atoms with E-state index in [4.69, 9.17) is 5.26 Å². The summed E-state index contributed by atoms with van der Waals surface area (Å²) in [5.74, 6) is 0.167. The predicted octanol–water partition coefficient (Wildman–Crippen LogP) is 0.658. The van der Waals surface area contributed by atoms with Crippen LogP contribution in [0.1, 0.15) is 11.1 Å². The fraction of sp³-hybridized carbons (Fsp3) is 0.333. The lowest BCUT2D eigenvalue weighted by Gasteiger charge is -2.17. The van der Waals surface area contributed by atoms with Crippen molar-refractivity contribution >= 4 is 15.8 Å². The van der Waals surface area contributed by atoms with Crippen LogP contribution in [0.4, 0.5) is 5.82 Å². The summed E-state index contributed by atoms with van der Waals surface area (Å²) < 4.78 is 23.6. The molecule has 0 bridgehead atoms. The van der Waals surface area contributed by atoms with Crippen molar-refractivity contribution in [1.29, 1.82) is 5.26 Å². The van der Waals surface area contributed by atoms with Gasteiger partial charge in [0.05, 0.1) is 11.8 Å². The number of hydrogen-bond acceptors (Lipinski definition) is 4. The predicted molar refractivity (Wildman–Crippen MR) is 56.9 cm³/mol. The van der Waals surface area contributed by atoms with Gasteiger partial charge in [0, 0.05) is 13.2 Å². The highest BCUT2D eigenvalue weighted by atomic mass is 32.2. The van der Waals surface area contributed by atoms with Gasteiger partial charge in [0.25, 0.3) is 0 Å². The molecule has 0 unspecified atom stereocenters. The Hall–Kier alpha value is -1.61. The molecule has 5 nitrogen and oxygen atoms in total. The van der Waals surface area contributed by atoms with Crippen LogP contribution in [0.15, 0.2) is 12.3 Å². The molecule has 0 amide bonds. The zero-order valence-electron chi connectivity index (χ0n) is 8.72. The quantitative estimate of drug-likeness (QED) is 0.741. The topological polar surface area (TPSA) is 74.1 Å². The van der Waals surface area contributed by atoms with Gasteiger partial charge in [-0.05, 0) is 18.6 Å². The molecule has 15 heavy (non-hydrogen) atoms. The summed E-state index contributed by atoms with van der Waals surface area (Å²) in [7, 11) is -2.01. The van der Waals surface area contributed by atoms with Gasteiger partial charge in [0.2, 0.25) is 10.0 Å². The van der Waals surface area contributed by atoms with Crippen molar-refractivity contribution in [2.45, 2.75) is 6.92 Å². The van der Waals surface area contributed by atoms with E-state index in [1.807, 2.05) is 6.07 Å². The zero-order valence-corrected chi connectivity index (χ0v) is 9.54. The van der Waals surface area contributed by atoms with Gasteiger partial charge in [-0.1, -0.05) is 0 Å². The summed E-state index contributed by atoms with van der Waals surface area (Å²) in [4.78, 5) is 3.90. The van der Waals surface area contributed by atoms with Crippen LogP contribution in [-0.4, -0.2) is 26.7 Å². The smallest absolute Gasteiger partial charge is 0.233 e. The Morgan fingerprint density at radius 1 is 1.53 bits per heavy atom. The van der Waals surface area contributed by atoms with Crippen LogP contribution in [0.2, 0.25) is 0 Å². The van der Waals surface area contributed by atoms with Gasteiger partial charge >= 0.3 is 0 Å². The first kappa shape index (κ1) is 11.5. The number of pyridine rings is 1. The Labute approximate surface area is 89.0 Å². The minimum Gasteiger partial charge on any atom is -0.256 e. The first-order valence-corrected chi connectivity index (χ1v) is 6.02. The molecule has 1 rings (SSSR count). The van der Waals surface area contributed by atoms with Gasteiger partial charge < -0.3 is 0 Å². The van der Waals surface area contributed by atoms with Crippen LogP contribution in [0.3, 0.4) is 0 Å². The van der Waals surface area contributed by atoms with Crippen LogP contribution in [-0.2, 0) is 10.0 Å². The molecule has 0 aromatic carbocycles. The molecule has 1 heterocycles. The van der Waals surface area contributed by atoms with Crippen LogP contribution in [0, 0.1) is 18.3 Å². The van der Waals surface area contributed by atoms with E-state index in [9.17, 15) is 8.42 Å². The molecule has 0 saturated carbocycles. The minimum absolute atomic E-state index is 0.167. The van der Waals surface area contributed by atoms with E-state index in [0.29, 0.717) is 5.56 Å². The van der Waals surface area contributed by atoms with E-state index in [1.165, 1.54) is 13.2 Å². The molecule has 1 aromatic heterocycles. The third kappa shape index (κ3) is 2.25. The van der Waals surface area contributed by atoms with E-state index < -0.39 is 10.0 Å². The summed E-state index contributed by atoms with van der Waals surface area (Å²) in [6.07, 6.45) is 2.55. The van der Waals surface area contributed by atoms with Gasteiger partial charge in [-0.15, -0.1) is 0 Å². The monoisotopic (exact) mass is 225 g/mol. The Balaban J connectivity index is 3.40. The Morgan fingerprint density at radius 2 is 2.13 bits per heavy atom. The SMILES string of the molecule is Cc1ccnc(N(C)S(C)(=O)=O)c1C#N. The van der Waals surface area contributed by atoms with Crippen molar-refractivity contribution in [3.05, 3.63) is 23.4 Å². The standard InChI is InChI=1S/C9H11N3O2S/c1-7-4-5-11-9(8(7)6-10)12(2)15(3,13)14/h4-5H,1-3H3. The summed E-state index contributed by atoms with van der Waals surface area (Å²) in [6, 6.07) is 3.61. The highest BCUT2D eigenvalue weighted by Crippen LogP contribution is 2.20. The Kier molecular flexibility index (Phi) is 2.95. The highest BCUT2D eigenvalue weighted by molar-refractivity contribution is 7.92. The molecular weight excluding hydrogens is 214 g/mol. The summed E-state index contributed by atoms with van der Waals surface area (Å²) in [5.41, 5.74) is 0.989. The van der Waals surface area contributed by atoms with Crippen molar-refractivity contribution in [3.63, 3.8) is 0 Å². The molecule has 0 radical (unpaired) electrons. The van der Waals surface area contributed by atoms with Crippen LogP contribution in [0.5, 0.6) is 0 Å². The molecule has 0 aliphatic rings. The third-order valence-corrected chi connectivity index (χ3v) is 3.21. The van der Waals surface area contributed by atoms with Gasteiger partial charge in [0.15, 0.2) is 5.82 Å². The number of rotatable bonds is 2. The lowest BCUT2D eigenvalue weighted by Crippen LogP contribution is -2.26. The number of sulfonamides is 1. The van der Waals surface area contributed by atoms with E-state index >= 15 is 0 Å². The number of hydrogen-bond donors (Lipinski definition) is 0.